The van der Waals surface area contributed by atoms with Crippen LogP contribution in [0.15, 0.2) is 17.3 Å². The molecule has 1 aromatic rings. The zero-order valence-electron chi connectivity index (χ0n) is 11.3. The van der Waals surface area contributed by atoms with Crippen LogP contribution < -0.4 is 5.32 Å². The Kier molecular flexibility index (Phi) is 7.29. The van der Waals surface area contributed by atoms with Gasteiger partial charge in [-0.1, -0.05) is 26.3 Å². The van der Waals surface area contributed by atoms with Crippen molar-refractivity contribution in [3.05, 3.63) is 23.4 Å². The molecule has 1 rings (SSSR count). The van der Waals surface area contributed by atoms with Gasteiger partial charge in [-0.15, -0.1) is 11.8 Å². The summed E-state index contributed by atoms with van der Waals surface area (Å²) in [7, 11) is 0. The molecule has 0 amide bonds. The van der Waals surface area contributed by atoms with Crippen molar-refractivity contribution in [1.82, 2.24) is 10.3 Å². The average molecular weight is 252 g/mol. The molecule has 0 aromatic carbocycles. The molecule has 0 aliphatic rings. The quantitative estimate of drug-likeness (QED) is 0.563. The lowest BCUT2D eigenvalue weighted by molar-refractivity contribution is 0.672. The first-order chi connectivity index (χ1) is 8.27. The SMILES string of the molecule is CCCCSc1ncc(CNCCC)cc1C. The van der Waals surface area contributed by atoms with E-state index in [-0.39, 0.29) is 0 Å². The molecule has 1 aromatic heterocycles. The van der Waals surface area contributed by atoms with E-state index >= 15 is 0 Å². The number of nitrogens with zero attached hydrogens (tertiary/aromatic N) is 1. The van der Waals surface area contributed by atoms with Crippen LogP contribution in [0.1, 0.15) is 44.2 Å². The summed E-state index contributed by atoms with van der Waals surface area (Å²) in [6.07, 6.45) is 5.71. The fraction of sp³-hybridized carbons (Fsp3) is 0.643. The summed E-state index contributed by atoms with van der Waals surface area (Å²) in [5, 5.41) is 4.60. The van der Waals surface area contributed by atoms with E-state index in [4.69, 9.17) is 0 Å². The van der Waals surface area contributed by atoms with Gasteiger partial charge in [0.25, 0.3) is 0 Å². The van der Waals surface area contributed by atoms with Gasteiger partial charge in [-0.3, -0.25) is 0 Å². The van der Waals surface area contributed by atoms with Crippen LogP contribution in [0.25, 0.3) is 0 Å². The fourth-order valence-electron chi connectivity index (χ4n) is 1.59. The minimum atomic E-state index is 0.932. The third-order valence-corrected chi connectivity index (χ3v) is 3.77. The zero-order chi connectivity index (χ0) is 12.5. The first-order valence-electron chi connectivity index (χ1n) is 6.57. The predicted molar refractivity (Wildman–Crippen MR) is 76.6 cm³/mol. The van der Waals surface area contributed by atoms with Crippen LogP contribution in [0, 0.1) is 6.92 Å². The number of nitrogens with one attached hydrogen (secondary N) is 1. The third-order valence-electron chi connectivity index (χ3n) is 2.58. The van der Waals surface area contributed by atoms with E-state index in [2.05, 4.69) is 37.1 Å². The van der Waals surface area contributed by atoms with E-state index in [1.807, 2.05) is 18.0 Å². The van der Waals surface area contributed by atoms with Gasteiger partial charge in [0.2, 0.25) is 0 Å². The number of thioether (sulfide) groups is 1. The van der Waals surface area contributed by atoms with Crippen molar-refractivity contribution in [2.24, 2.45) is 0 Å². The molecule has 0 unspecified atom stereocenters. The molecule has 0 atom stereocenters. The van der Waals surface area contributed by atoms with E-state index in [1.165, 1.54) is 41.2 Å². The van der Waals surface area contributed by atoms with E-state index in [9.17, 15) is 0 Å². The molecule has 17 heavy (non-hydrogen) atoms. The van der Waals surface area contributed by atoms with Gasteiger partial charge in [0.15, 0.2) is 0 Å². The number of hydrogen-bond acceptors (Lipinski definition) is 3. The molecule has 0 spiro atoms. The van der Waals surface area contributed by atoms with E-state index < -0.39 is 0 Å². The van der Waals surface area contributed by atoms with E-state index in [0.29, 0.717) is 0 Å². The molecular formula is C14H24N2S. The highest BCUT2D eigenvalue weighted by Crippen LogP contribution is 2.21. The number of rotatable bonds is 8. The first-order valence-corrected chi connectivity index (χ1v) is 7.55. The van der Waals surface area contributed by atoms with Gasteiger partial charge in [-0.2, -0.15) is 0 Å². The van der Waals surface area contributed by atoms with Crippen molar-refractivity contribution < 1.29 is 0 Å². The lowest BCUT2D eigenvalue weighted by Gasteiger charge is -2.07. The molecule has 0 radical (unpaired) electrons. The van der Waals surface area contributed by atoms with E-state index in [1.54, 1.807) is 0 Å². The summed E-state index contributed by atoms with van der Waals surface area (Å²) in [6.45, 7) is 8.57. The Bertz CT molecular complexity index is 326. The van der Waals surface area contributed by atoms with Crippen molar-refractivity contribution in [1.29, 1.82) is 0 Å². The van der Waals surface area contributed by atoms with Gasteiger partial charge < -0.3 is 5.32 Å². The molecule has 0 aliphatic carbocycles. The highest BCUT2D eigenvalue weighted by atomic mass is 32.2. The van der Waals surface area contributed by atoms with Crippen LogP contribution in [-0.2, 0) is 6.54 Å². The molecule has 1 heterocycles. The van der Waals surface area contributed by atoms with Crippen molar-refractivity contribution in [3.8, 4) is 0 Å². The Morgan fingerprint density at radius 3 is 2.76 bits per heavy atom. The van der Waals surface area contributed by atoms with Crippen LogP contribution >= 0.6 is 11.8 Å². The molecular weight excluding hydrogens is 228 g/mol. The molecule has 0 bridgehead atoms. The number of unbranched alkanes of at least 4 members (excludes halogenated alkanes) is 1. The number of aryl methyl sites for hydroxylation is 1. The predicted octanol–water partition coefficient (Wildman–Crippen LogP) is 3.78. The van der Waals surface area contributed by atoms with Crippen LogP contribution in [0.4, 0.5) is 0 Å². The maximum absolute atomic E-state index is 4.55. The third kappa shape index (κ3) is 5.55. The van der Waals surface area contributed by atoms with Gasteiger partial charge >= 0.3 is 0 Å². The maximum atomic E-state index is 4.55. The first kappa shape index (κ1) is 14.5. The molecule has 0 fully saturated rings. The van der Waals surface area contributed by atoms with Gasteiger partial charge in [0.1, 0.15) is 0 Å². The summed E-state index contributed by atoms with van der Waals surface area (Å²) < 4.78 is 0. The largest absolute Gasteiger partial charge is 0.313 e. The molecule has 3 heteroatoms. The summed E-state index contributed by atoms with van der Waals surface area (Å²) in [5.41, 5.74) is 2.60. The molecule has 2 nitrogen and oxygen atoms in total. The summed E-state index contributed by atoms with van der Waals surface area (Å²) in [5.74, 6) is 1.18. The van der Waals surface area contributed by atoms with Crippen LogP contribution in [0.3, 0.4) is 0 Å². The standard InChI is InChI=1S/C14H24N2S/c1-4-6-8-17-14-12(3)9-13(11-16-14)10-15-7-5-2/h9,11,15H,4-8,10H2,1-3H3. The highest BCUT2D eigenvalue weighted by Gasteiger charge is 2.02. The zero-order valence-corrected chi connectivity index (χ0v) is 12.1. The number of hydrogen-bond donors (Lipinski definition) is 1. The monoisotopic (exact) mass is 252 g/mol. The van der Waals surface area contributed by atoms with Gasteiger partial charge in [0.05, 0.1) is 5.03 Å². The smallest absolute Gasteiger partial charge is 0.0989 e. The fourth-order valence-corrected chi connectivity index (χ4v) is 2.63. The Morgan fingerprint density at radius 2 is 2.12 bits per heavy atom. The minimum Gasteiger partial charge on any atom is -0.313 e. The molecule has 1 N–H and O–H groups in total. The van der Waals surface area contributed by atoms with Crippen LogP contribution in [0.2, 0.25) is 0 Å². The van der Waals surface area contributed by atoms with E-state index in [0.717, 1.165) is 13.1 Å². The summed E-state index contributed by atoms with van der Waals surface area (Å²) in [6, 6.07) is 2.25. The topological polar surface area (TPSA) is 24.9 Å². The number of aromatic nitrogens is 1. The summed E-state index contributed by atoms with van der Waals surface area (Å²) >= 11 is 1.88. The normalized spacial score (nSPS) is 10.8. The average Bonchev–Trinajstić information content (AvgIpc) is 2.32. The molecule has 0 aliphatic heterocycles. The van der Waals surface area contributed by atoms with Gasteiger partial charge in [-0.05, 0) is 43.2 Å². The Hall–Kier alpha value is -0.540. The molecule has 96 valence electrons. The lowest BCUT2D eigenvalue weighted by Crippen LogP contribution is -2.14. The van der Waals surface area contributed by atoms with Crippen molar-refractivity contribution in [2.75, 3.05) is 12.3 Å². The van der Waals surface area contributed by atoms with Gasteiger partial charge in [-0.25, -0.2) is 4.98 Å². The molecule has 0 saturated heterocycles. The minimum absolute atomic E-state index is 0.932. The second-order valence-corrected chi connectivity index (χ2v) is 5.43. The second-order valence-electron chi connectivity index (χ2n) is 4.34. The number of pyridine rings is 1. The maximum Gasteiger partial charge on any atom is 0.0989 e. The van der Waals surface area contributed by atoms with Crippen molar-refractivity contribution in [3.63, 3.8) is 0 Å². The van der Waals surface area contributed by atoms with Crippen molar-refractivity contribution in [2.45, 2.75) is 51.6 Å². The Balaban J connectivity index is 2.47. The van der Waals surface area contributed by atoms with Crippen LogP contribution in [0.5, 0.6) is 0 Å². The molecule has 0 saturated carbocycles. The summed E-state index contributed by atoms with van der Waals surface area (Å²) in [4.78, 5) is 4.55. The Labute approximate surface area is 110 Å². The highest BCUT2D eigenvalue weighted by molar-refractivity contribution is 7.99. The lowest BCUT2D eigenvalue weighted by atomic mass is 10.2. The Morgan fingerprint density at radius 1 is 1.29 bits per heavy atom. The van der Waals surface area contributed by atoms with Crippen molar-refractivity contribution >= 4 is 11.8 Å². The second kappa shape index (κ2) is 8.54. The van der Waals surface area contributed by atoms with Gasteiger partial charge in [0, 0.05) is 12.7 Å². The van der Waals surface area contributed by atoms with Crippen LogP contribution in [-0.4, -0.2) is 17.3 Å².